The number of thiazole rings is 1. The van der Waals surface area contributed by atoms with Crippen LogP contribution in [0, 0.1) is 12.7 Å². The molecule has 1 aromatic carbocycles. The second-order valence-corrected chi connectivity index (χ2v) is 4.67. The third-order valence-electron chi connectivity index (χ3n) is 2.31. The Bertz CT molecular complexity index is 583. The Labute approximate surface area is 107 Å². The summed E-state index contributed by atoms with van der Waals surface area (Å²) in [5, 5.41) is 14.7. The summed E-state index contributed by atoms with van der Waals surface area (Å²) in [7, 11) is 0. The van der Waals surface area contributed by atoms with Gasteiger partial charge < -0.3 is 10.4 Å². The van der Waals surface area contributed by atoms with Gasteiger partial charge in [0.05, 0.1) is 12.1 Å². The van der Waals surface area contributed by atoms with Gasteiger partial charge in [0, 0.05) is 16.8 Å². The van der Waals surface area contributed by atoms with E-state index < -0.39 is 11.8 Å². The molecule has 2 rings (SSSR count). The molecule has 1 heterocycles. The lowest BCUT2D eigenvalue weighted by Crippen LogP contribution is -2.06. The molecule has 0 amide bonds. The predicted molar refractivity (Wildman–Crippen MR) is 67.5 cm³/mol. The molecule has 2 aromatic rings. The molecule has 0 unspecified atom stereocenters. The van der Waals surface area contributed by atoms with Crippen molar-refractivity contribution in [1.82, 2.24) is 4.98 Å². The van der Waals surface area contributed by atoms with E-state index in [1.807, 2.05) is 12.3 Å². The minimum absolute atomic E-state index is 0.0803. The number of nitrogens with one attached hydrogen (secondary N) is 1. The normalized spacial score (nSPS) is 10.3. The maximum atomic E-state index is 13.0. The van der Waals surface area contributed by atoms with Gasteiger partial charge in [0.1, 0.15) is 10.8 Å². The standard InChI is InChI=1S/C12H11FN2O2S/c1-7-6-18-11(15-7)5-14-10-3-2-8(13)4-9(10)12(16)17/h2-4,6,14H,5H2,1H3,(H,16,17). The number of aromatic carboxylic acids is 1. The molecule has 2 N–H and O–H groups in total. The van der Waals surface area contributed by atoms with Crippen molar-refractivity contribution in [2.75, 3.05) is 5.32 Å². The zero-order valence-electron chi connectivity index (χ0n) is 9.61. The summed E-state index contributed by atoms with van der Waals surface area (Å²) < 4.78 is 13.0. The fourth-order valence-electron chi connectivity index (χ4n) is 1.50. The minimum atomic E-state index is -1.16. The fraction of sp³-hybridized carbons (Fsp3) is 0.167. The number of hydrogen-bond donors (Lipinski definition) is 2. The average Bonchev–Trinajstić information content (AvgIpc) is 2.73. The molecule has 0 bridgehead atoms. The third kappa shape index (κ3) is 2.84. The topological polar surface area (TPSA) is 62.2 Å². The number of nitrogens with zero attached hydrogens (tertiary/aromatic N) is 1. The number of carbonyl (C=O) groups is 1. The quantitative estimate of drug-likeness (QED) is 0.893. The Morgan fingerprint density at radius 1 is 1.56 bits per heavy atom. The molecule has 0 spiro atoms. The Morgan fingerprint density at radius 2 is 2.33 bits per heavy atom. The number of halogens is 1. The lowest BCUT2D eigenvalue weighted by molar-refractivity contribution is 0.0697. The van der Waals surface area contributed by atoms with Crippen molar-refractivity contribution in [1.29, 1.82) is 0 Å². The van der Waals surface area contributed by atoms with Crippen LogP contribution in [-0.4, -0.2) is 16.1 Å². The molecule has 0 aliphatic rings. The molecule has 0 aliphatic heterocycles. The highest BCUT2D eigenvalue weighted by atomic mass is 32.1. The summed E-state index contributed by atoms with van der Waals surface area (Å²) >= 11 is 1.49. The van der Waals surface area contributed by atoms with Crippen LogP contribution in [0.15, 0.2) is 23.6 Å². The van der Waals surface area contributed by atoms with Crippen LogP contribution in [0.5, 0.6) is 0 Å². The summed E-state index contributed by atoms with van der Waals surface area (Å²) in [4.78, 5) is 15.2. The monoisotopic (exact) mass is 266 g/mol. The molecule has 18 heavy (non-hydrogen) atoms. The summed E-state index contributed by atoms with van der Waals surface area (Å²) in [6.45, 7) is 2.31. The first-order valence-corrected chi connectivity index (χ1v) is 6.12. The van der Waals surface area contributed by atoms with Gasteiger partial charge >= 0.3 is 5.97 Å². The highest BCUT2D eigenvalue weighted by molar-refractivity contribution is 7.09. The van der Waals surface area contributed by atoms with Gasteiger partial charge in [-0.2, -0.15) is 0 Å². The van der Waals surface area contributed by atoms with Crippen LogP contribution in [0.25, 0.3) is 0 Å². The van der Waals surface area contributed by atoms with Crippen molar-refractivity contribution in [3.63, 3.8) is 0 Å². The van der Waals surface area contributed by atoms with Crippen molar-refractivity contribution in [2.45, 2.75) is 13.5 Å². The third-order valence-corrected chi connectivity index (χ3v) is 3.28. The lowest BCUT2D eigenvalue weighted by atomic mass is 10.1. The van der Waals surface area contributed by atoms with Gasteiger partial charge in [-0.3, -0.25) is 0 Å². The number of carboxylic acid groups (broad SMARTS) is 1. The molecule has 1 aromatic heterocycles. The van der Waals surface area contributed by atoms with E-state index in [-0.39, 0.29) is 5.56 Å². The van der Waals surface area contributed by atoms with Crippen LogP contribution in [0.3, 0.4) is 0 Å². The molecule has 0 aliphatic carbocycles. The smallest absolute Gasteiger partial charge is 0.337 e. The fourth-order valence-corrected chi connectivity index (χ4v) is 2.21. The second-order valence-electron chi connectivity index (χ2n) is 3.73. The van der Waals surface area contributed by atoms with Crippen LogP contribution in [0.1, 0.15) is 21.1 Å². The van der Waals surface area contributed by atoms with E-state index in [2.05, 4.69) is 10.3 Å². The van der Waals surface area contributed by atoms with Gasteiger partial charge in [-0.05, 0) is 25.1 Å². The van der Waals surface area contributed by atoms with Gasteiger partial charge in [-0.25, -0.2) is 14.2 Å². The molecule has 6 heteroatoms. The Morgan fingerprint density at radius 3 is 2.94 bits per heavy atom. The predicted octanol–water partition coefficient (Wildman–Crippen LogP) is 2.90. The van der Waals surface area contributed by atoms with Crippen molar-refractivity contribution in [3.05, 3.63) is 45.7 Å². The second kappa shape index (κ2) is 5.14. The van der Waals surface area contributed by atoms with E-state index in [1.54, 1.807) is 0 Å². The van der Waals surface area contributed by atoms with Crippen molar-refractivity contribution in [2.24, 2.45) is 0 Å². The molecule has 4 nitrogen and oxygen atoms in total. The number of benzene rings is 1. The molecular weight excluding hydrogens is 255 g/mol. The van der Waals surface area contributed by atoms with Crippen LogP contribution < -0.4 is 5.32 Å². The number of aromatic nitrogens is 1. The number of anilines is 1. The van der Waals surface area contributed by atoms with Gasteiger partial charge in [-0.15, -0.1) is 11.3 Å². The SMILES string of the molecule is Cc1csc(CNc2ccc(F)cc2C(=O)O)n1. The number of carboxylic acids is 1. The summed E-state index contributed by atoms with van der Waals surface area (Å²) in [6.07, 6.45) is 0. The molecular formula is C12H11FN2O2S. The summed E-state index contributed by atoms with van der Waals surface area (Å²) in [5.74, 6) is -1.73. The van der Waals surface area contributed by atoms with Crippen LogP contribution in [0.2, 0.25) is 0 Å². The molecule has 0 saturated carbocycles. The molecule has 94 valence electrons. The van der Waals surface area contributed by atoms with Crippen LogP contribution in [0.4, 0.5) is 10.1 Å². The summed E-state index contributed by atoms with van der Waals surface area (Å²) in [5.41, 5.74) is 1.23. The largest absolute Gasteiger partial charge is 0.478 e. The van der Waals surface area contributed by atoms with Crippen molar-refractivity contribution < 1.29 is 14.3 Å². The maximum absolute atomic E-state index is 13.0. The Balaban J connectivity index is 2.16. The van der Waals surface area contributed by atoms with E-state index in [9.17, 15) is 9.18 Å². The number of hydrogen-bond acceptors (Lipinski definition) is 4. The molecule has 0 saturated heterocycles. The zero-order chi connectivity index (χ0) is 13.1. The summed E-state index contributed by atoms with van der Waals surface area (Å²) in [6, 6.07) is 3.64. The first-order valence-electron chi connectivity index (χ1n) is 5.24. The lowest BCUT2D eigenvalue weighted by Gasteiger charge is -2.08. The van der Waals surface area contributed by atoms with E-state index in [4.69, 9.17) is 5.11 Å². The first kappa shape index (κ1) is 12.5. The van der Waals surface area contributed by atoms with E-state index in [0.717, 1.165) is 16.8 Å². The Kier molecular flexibility index (Phi) is 3.57. The zero-order valence-corrected chi connectivity index (χ0v) is 10.4. The van der Waals surface area contributed by atoms with E-state index in [0.29, 0.717) is 12.2 Å². The van der Waals surface area contributed by atoms with Gasteiger partial charge in [0.25, 0.3) is 0 Å². The molecule has 0 atom stereocenters. The van der Waals surface area contributed by atoms with Crippen LogP contribution >= 0.6 is 11.3 Å². The van der Waals surface area contributed by atoms with Gasteiger partial charge in [0.2, 0.25) is 0 Å². The maximum Gasteiger partial charge on any atom is 0.337 e. The van der Waals surface area contributed by atoms with Crippen molar-refractivity contribution >= 4 is 23.0 Å². The number of aryl methyl sites for hydroxylation is 1. The van der Waals surface area contributed by atoms with E-state index >= 15 is 0 Å². The minimum Gasteiger partial charge on any atom is -0.478 e. The first-order chi connectivity index (χ1) is 8.56. The van der Waals surface area contributed by atoms with Gasteiger partial charge in [0.15, 0.2) is 0 Å². The average molecular weight is 266 g/mol. The van der Waals surface area contributed by atoms with Crippen LogP contribution in [-0.2, 0) is 6.54 Å². The Hall–Kier alpha value is -1.95. The number of rotatable bonds is 4. The highest BCUT2D eigenvalue weighted by Crippen LogP contribution is 2.19. The van der Waals surface area contributed by atoms with E-state index in [1.165, 1.54) is 23.5 Å². The molecule has 0 radical (unpaired) electrons. The van der Waals surface area contributed by atoms with Gasteiger partial charge in [-0.1, -0.05) is 0 Å². The van der Waals surface area contributed by atoms with Crippen molar-refractivity contribution in [3.8, 4) is 0 Å². The highest BCUT2D eigenvalue weighted by Gasteiger charge is 2.11. The molecule has 0 fully saturated rings.